The maximum atomic E-state index is 13.2. The van der Waals surface area contributed by atoms with Crippen molar-refractivity contribution in [1.29, 1.82) is 0 Å². The summed E-state index contributed by atoms with van der Waals surface area (Å²) in [4.78, 5) is 12.2. The summed E-state index contributed by atoms with van der Waals surface area (Å²) in [5.74, 6) is -1.89. The molecule has 1 heterocycles. The van der Waals surface area contributed by atoms with Crippen molar-refractivity contribution in [3.05, 3.63) is 35.4 Å². The predicted octanol–water partition coefficient (Wildman–Crippen LogP) is 2.28. The fourth-order valence-electron chi connectivity index (χ4n) is 2.31. The van der Waals surface area contributed by atoms with Gasteiger partial charge in [-0.3, -0.25) is 4.79 Å². The molecule has 2 unspecified atom stereocenters. The van der Waals surface area contributed by atoms with E-state index in [0.29, 0.717) is 5.56 Å². The van der Waals surface area contributed by atoms with Gasteiger partial charge in [-0.05, 0) is 50.9 Å². The Kier molecular flexibility index (Phi) is 3.85. The molecule has 0 radical (unpaired) electrons. The van der Waals surface area contributed by atoms with Gasteiger partial charge in [0.1, 0.15) is 0 Å². The third-order valence-corrected chi connectivity index (χ3v) is 3.66. The van der Waals surface area contributed by atoms with Crippen LogP contribution in [0.25, 0.3) is 0 Å². The first-order valence-electron chi connectivity index (χ1n) is 6.43. The molecule has 1 aliphatic rings. The molecular formula is C14H18F2N2O. The number of rotatable bonds is 3. The van der Waals surface area contributed by atoms with Gasteiger partial charge in [-0.1, -0.05) is 6.07 Å². The standard InChI is InChI=1S/C14H18F2N2O/c1-9(10-4-5-11(15)12(16)8-10)18-13(19)14(2)6-3-7-17-14/h4-5,8-9,17H,3,6-7H2,1-2H3,(H,18,19). The second kappa shape index (κ2) is 5.25. The zero-order valence-electron chi connectivity index (χ0n) is 11.1. The number of benzene rings is 1. The minimum absolute atomic E-state index is 0.109. The second-order valence-corrected chi connectivity index (χ2v) is 5.23. The molecule has 0 aliphatic carbocycles. The van der Waals surface area contributed by atoms with Crippen LogP contribution in [0.5, 0.6) is 0 Å². The molecule has 0 spiro atoms. The summed E-state index contributed by atoms with van der Waals surface area (Å²) in [5, 5.41) is 6.00. The highest BCUT2D eigenvalue weighted by Crippen LogP contribution is 2.21. The lowest BCUT2D eigenvalue weighted by Crippen LogP contribution is -2.51. The summed E-state index contributed by atoms with van der Waals surface area (Å²) in [5.41, 5.74) is -0.0128. The Bertz CT molecular complexity index is 484. The molecule has 104 valence electrons. The normalized spacial score (nSPS) is 24.2. The van der Waals surface area contributed by atoms with Crippen LogP contribution in [0.4, 0.5) is 8.78 Å². The van der Waals surface area contributed by atoms with Gasteiger partial charge in [-0.2, -0.15) is 0 Å². The Hall–Kier alpha value is -1.49. The quantitative estimate of drug-likeness (QED) is 0.883. The molecule has 1 amide bonds. The third-order valence-electron chi connectivity index (χ3n) is 3.66. The van der Waals surface area contributed by atoms with E-state index in [0.717, 1.165) is 31.5 Å². The lowest BCUT2D eigenvalue weighted by atomic mass is 9.98. The summed E-state index contributed by atoms with van der Waals surface area (Å²) < 4.78 is 26.0. The Balaban J connectivity index is 2.06. The first kappa shape index (κ1) is 13.9. The number of hydrogen-bond donors (Lipinski definition) is 2. The molecule has 1 aromatic carbocycles. The van der Waals surface area contributed by atoms with Crippen LogP contribution >= 0.6 is 0 Å². The van der Waals surface area contributed by atoms with E-state index in [1.54, 1.807) is 6.92 Å². The van der Waals surface area contributed by atoms with E-state index >= 15 is 0 Å². The van der Waals surface area contributed by atoms with E-state index in [9.17, 15) is 13.6 Å². The SMILES string of the molecule is CC(NC(=O)C1(C)CCCN1)c1ccc(F)c(F)c1. The average molecular weight is 268 g/mol. The van der Waals surface area contributed by atoms with Gasteiger partial charge in [-0.15, -0.1) is 0 Å². The smallest absolute Gasteiger partial charge is 0.240 e. The van der Waals surface area contributed by atoms with Crippen LogP contribution in [0, 0.1) is 11.6 Å². The van der Waals surface area contributed by atoms with Crippen molar-refractivity contribution in [3.8, 4) is 0 Å². The summed E-state index contributed by atoms with van der Waals surface area (Å²) in [6.07, 6.45) is 1.74. The van der Waals surface area contributed by atoms with Crippen molar-refractivity contribution >= 4 is 5.91 Å². The number of carbonyl (C=O) groups excluding carboxylic acids is 1. The van der Waals surface area contributed by atoms with Gasteiger partial charge in [-0.25, -0.2) is 8.78 Å². The molecule has 2 atom stereocenters. The Labute approximate surface area is 111 Å². The largest absolute Gasteiger partial charge is 0.348 e. The van der Waals surface area contributed by atoms with Gasteiger partial charge in [0, 0.05) is 0 Å². The maximum absolute atomic E-state index is 13.2. The van der Waals surface area contributed by atoms with Crippen molar-refractivity contribution in [2.24, 2.45) is 0 Å². The highest BCUT2D eigenvalue weighted by molar-refractivity contribution is 5.86. The maximum Gasteiger partial charge on any atom is 0.240 e. The van der Waals surface area contributed by atoms with E-state index in [-0.39, 0.29) is 11.9 Å². The summed E-state index contributed by atoms with van der Waals surface area (Å²) >= 11 is 0. The molecule has 0 aromatic heterocycles. The van der Waals surface area contributed by atoms with Gasteiger partial charge in [0.15, 0.2) is 11.6 Å². The molecule has 0 saturated carbocycles. The molecule has 1 fully saturated rings. The summed E-state index contributed by atoms with van der Waals surface area (Å²) in [7, 11) is 0. The number of carbonyl (C=O) groups is 1. The van der Waals surface area contributed by atoms with Gasteiger partial charge in [0.25, 0.3) is 0 Å². The van der Waals surface area contributed by atoms with E-state index in [1.807, 2.05) is 6.92 Å². The molecule has 1 aromatic rings. The van der Waals surface area contributed by atoms with E-state index in [4.69, 9.17) is 0 Å². The minimum Gasteiger partial charge on any atom is -0.348 e. The molecule has 2 N–H and O–H groups in total. The fraction of sp³-hybridized carbons (Fsp3) is 0.500. The van der Waals surface area contributed by atoms with Gasteiger partial charge in [0.2, 0.25) is 5.91 Å². The molecule has 3 nitrogen and oxygen atoms in total. The predicted molar refractivity (Wildman–Crippen MR) is 68.6 cm³/mol. The molecule has 0 bridgehead atoms. The number of nitrogens with one attached hydrogen (secondary N) is 2. The van der Waals surface area contributed by atoms with Crippen molar-refractivity contribution in [2.45, 2.75) is 38.3 Å². The Morgan fingerprint density at radius 1 is 1.42 bits per heavy atom. The van der Waals surface area contributed by atoms with Crippen LogP contribution < -0.4 is 10.6 Å². The zero-order chi connectivity index (χ0) is 14.0. The molecule has 5 heteroatoms. The van der Waals surface area contributed by atoms with Crippen molar-refractivity contribution in [3.63, 3.8) is 0 Å². The molecular weight excluding hydrogens is 250 g/mol. The van der Waals surface area contributed by atoms with Crippen LogP contribution in [-0.4, -0.2) is 18.0 Å². The van der Waals surface area contributed by atoms with Gasteiger partial charge in [0.05, 0.1) is 11.6 Å². The topological polar surface area (TPSA) is 41.1 Å². The highest BCUT2D eigenvalue weighted by atomic mass is 19.2. The van der Waals surface area contributed by atoms with E-state index in [1.165, 1.54) is 6.07 Å². The molecule has 19 heavy (non-hydrogen) atoms. The third kappa shape index (κ3) is 2.92. The first-order valence-corrected chi connectivity index (χ1v) is 6.43. The molecule has 2 rings (SSSR count). The Morgan fingerprint density at radius 2 is 2.16 bits per heavy atom. The number of amides is 1. The van der Waals surface area contributed by atoms with Crippen LogP contribution in [0.1, 0.15) is 38.3 Å². The second-order valence-electron chi connectivity index (χ2n) is 5.23. The van der Waals surface area contributed by atoms with Crippen LogP contribution in [0.2, 0.25) is 0 Å². The average Bonchev–Trinajstić information content (AvgIpc) is 2.81. The molecule has 1 saturated heterocycles. The summed E-state index contributed by atoms with van der Waals surface area (Å²) in [6.45, 7) is 4.43. The van der Waals surface area contributed by atoms with Crippen molar-refractivity contribution in [1.82, 2.24) is 10.6 Å². The van der Waals surface area contributed by atoms with Crippen LogP contribution in [0.3, 0.4) is 0 Å². The van der Waals surface area contributed by atoms with Gasteiger partial charge < -0.3 is 10.6 Å². The summed E-state index contributed by atoms with van der Waals surface area (Å²) in [6, 6.07) is 3.31. The van der Waals surface area contributed by atoms with Crippen molar-refractivity contribution in [2.75, 3.05) is 6.54 Å². The number of halogens is 2. The van der Waals surface area contributed by atoms with E-state index < -0.39 is 17.2 Å². The monoisotopic (exact) mass is 268 g/mol. The zero-order valence-corrected chi connectivity index (χ0v) is 11.1. The van der Waals surface area contributed by atoms with E-state index in [2.05, 4.69) is 10.6 Å². The lowest BCUT2D eigenvalue weighted by molar-refractivity contribution is -0.127. The van der Waals surface area contributed by atoms with Crippen LogP contribution in [0.15, 0.2) is 18.2 Å². The van der Waals surface area contributed by atoms with Crippen molar-refractivity contribution < 1.29 is 13.6 Å². The lowest BCUT2D eigenvalue weighted by Gasteiger charge is -2.26. The first-order chi connectivity index (χ1) is 8.92. The van der Waals surface area contributed by atoms with Crippen LogP contribution in [-0.2, 0) is 4.79 Å². The number of hydrogen-bond acceptors (Lipinski definition) is 2. The highest BCUT2D eigenvalue weighted by Gasteiger charge is 2.36. The molecule has 1 aliphatic heterocycles. The van der Waals surface area contributed by atoms with Gasteiger partial charge >= 0.3 is 0 Å². The fourth-order valence-corrected chi connectivity index (χ4v) is 2.31. The Morgan fingerprint density at radius 3 is 2.74 bits per heavy atom. The minimum atomic E-state index is -0.899.